The Morgan fingerprint density at radius 3 is 2.69 bits per heavy atom. The van der Waals surface area contributed by atoms with Gasteiger partial charge < -0.3 is 20.1 Å². The van der Waals surface area contributed by atoms with Crippen molar-refractivity contribution in [3.8, 4) is 11.5 Å². The highest BCUT2D eigenvalue weighted by Gasteiger charge is 2.10. The molecular weight excluding hydrogens is 350 g/mol. The molecule has 0 aliphatic carbocycles. The van der Waals surface area contributed by atoms with Crippen LogP contribution in [0.2, 0.25) is 5.02 Å². The molecule has 26 heavy (non-hydrogen) atoms. The van der Waals surface area contributed by atoms with Crippen molar-refractivity contribution >= 4 is 17.6 Å². The Bertz CT molecular complexity index is 764. The molecule has 5 nitrogen and oxygen atoms in total. The van der Waals surface area contributed by atoms with Gasteiger partial charge in [0.1, 0.15) is 0 Å². The van der Waals surface area contributed by atoms with E-state index in [2.05, 4.69) is 21.7 Å². The summed E-state index contributed by atoms with van der Waals surface area (Å²) in [4.78, 5) is 4.27. The van der Waals surface area contributed by atoms with Gasteiger partial charge in [-0.05, 0) is 41.8 Å². The third-order valence-electron chi connectivity index (χ3n) is 4.09. The first-order chi connectivity index (χ1) is 12.7. The molecule has 3 rings (SSSR count). The monoisotopic (exact) mass is 373 g/mol. The quantitative estimate of drug-likeness (QED) is 0.623. The molecule has 138 valence electrons. The van der Waals surface area contributed by atoms with E-state index in [1.165, 1.54) is 5.56 Å². The zero-order valence-electron chi connectivity index (χ0n) is 14.9. The molecule has 0 radical (unpaired) electrons. The van der Waals surface area contributed by atoms with Crippen LogP contribution in [0.15, 0.2) is 47.5 Å². The van der Waals surface area contributed by atoms with Gasteiger partial charge in [-0.2, -0.15) is 0 Å². The van der Waals surface area contributed by atoms with Gasteiger partial charge in [0.25, 0.3) is 0 Å². The van der Waals surface area contributed by atoms with Crippen LogP contribution in [0, 0.1) is 0 Å². The summed E-state index contributed by atoms with van der Waals surface area (Å²) in [5.74, 6) is 2.39. The normalized spacial score (nSPS) is 13.8. The highest BCUT2D eigenvalue weighted by Crippen LogP contribution is 2.30. The average molecular weight is 374 g/mol. The Balaban J connectivity index is 1.49. The lowest BCUT2D eigenvalue weighted by Gasteiger charge is -2.13. The first kappa shape index (κ1) is 18.4. The first-order valence-electron chi connectivity index (χ1n) is 8.82. The summed E-state index contributed by atoms with van der Waals surface area (Å²) < 4.78 is 11.4. The Hall–Kier alpha value is -2.40. The summed E-state index contributed by atoms with van der Waals surface area (Å²) in [6, 6.07) is 13.9. The summed E-state index contributed by atoms with van der Waals surface area (Å²) in [5, 5.41) is 7.41. The van der Waals surface area contributed by atoms with Crippen molar-refractivity contribution in [1.82, 2.24) is 10.6 Å². The number of hydrogen-bond donors (Lipinski definition) is 2. The molecule has 0 bridgehead atoms. The van der Waals surface area contributed by atoms with E-state index in [0.717, 1.165) is 47.4 Å². The zero-order valence-corrected chi connectivity index (χ0v) is 15.7. The van der Waals surface area contributed by atoms with Crippen LogP contribution < -0.4 is 20.1 Å². The first-order valence-corrected chi connectivity index (χ1v) is 9.20. The number of fused-ring (bicyclic) bond motifs is 1. The number of nitrogens with zero attached hydrogens (tertiary/aromatic N) is 1. The number of nitrogens with one attached hydrogen (secondary N) is 2. The second-order valence-electron chi connectivity index (χ2n) is 6.06. The molecule has 0 fully saturated rings. The maximum absolute atomic E-state index is 6.02. The number of guanidine groups is 1. The molecule has 2 aromatic carbocycles. The minimum Gasteiger partial charge on any atom is -0.490 e. The lowest BCUT2D eigenvalue weighted by atomic mass is 10.1. The fraction of sp³-hybridized carbons (Fsp3) is 0.350. The molecule has 0 saturated heterocycles. The summed E-state index contributed by atoms with van der Waals surface area (Å²) in [7, 11) is 1.77. The van der Waals surface area contributed by atoms with Gasteiger partial charge in [-0.1, -0.05) is 29.8 Å². The topological polar surface area (TPSA) is 54.9 Å². The van der Waals surface area contributed by atoms with Crippen LogP contribution in [-0.2, 0) is 13.0 Å². The highest BCUT2D eigenvalue weighted by molar-refractivity contribution is 6.30. The molecule has 0 saturated carbocycles. The Morgan fingerprint density at radius 2 is 1.88 bits per heavy atom. The molecule has 0 aromatic heterocycles. The van der Waals surface area contributed by atoms with E-state index in [1.54, 1.807) is 7.05 Å². The van der Waals surface area contributed by atoms with E-state index in [9.17, 15) is 0 Å². The number of ether oxygens (including phenoxy) is 2. The minimum atomic E-state index is 0.660. The molecule has 0 amide bonds. The third-order valence-corrected chi connectivity index (χ3v) is 4.33. The lowest BCUT2D eigenvalue weighted by Crippen LogP contribution is -2.37. The maximum Gasteiger partial charge on any atom is 0.191 e. The van der Waals surface area contributed by atoms with Crippen LogP contribution in [0.1, 0.15) is 17.5 Å². The van der Waals surface area contributed by atoms with Crippen LogP contribution >= 0.6 is 11.6 Å². The number of halogens is 1. The van der Waals surface area contributed by atoms with Crippen LogP contribution in [0.3, 0.4) is 0 Å². The lowest BCUT2D eigenvalue weighted by molar-refractivity contribution is 0.297. The number of aliphatic imine (C=N–C) groups is 1. The van der Waals surface area contributed by atoms with Crippen LogP contribution in [0.4, 0.5) is 0 Å². The van der Waals surface area contributed by atoms with E-state index in [0.29, 0.717) is 19.8 Å². The van der Waals surface area contributed by atoms with Gasteiger partial charge in [0.2, 0.25) is 0 Å². The standard InChI is InChI=1S/C20H24ClN3O2/c1-22-20(23-9-8-15-4-2-5-17(21)12-15)24-14-16-6-7-18-19(13-16)26-11-3-10-25-18/h2,4-7,12-13H,3,8-11,14H2,1H3,(H2,22,23,24). The van der Waals surface area contributed by atoms with Gasteiger partial charge >= 0.3 is 0 Å². The smallest absolute Gasteiger partial charge is 0.191 e. The molecule has 0 atom stereocenters. The second kappa shape index (κ2) is 9.34. The van der Waals surface area contributed by atoms with Crippen molar-refractivity contribution < 1.29 is 9.47 Å². The SMILES string of the molecule is CN=C(NCCc1cccc(Cl)c1)NCc1ccc2c(c1)OCCCO2. The molecular formula is C20H24ClN3O2. The molecule has 6 heteroatoms. The third kappa shape index (κ3) is 5.30. The predicted molar refractivity (Wildman–Crippen MR) is 105 cm³/mol. The van der Waals surface area contributed by atoms with Gasteiger partial charge in [-0.15, -0.1) is 0 Å². The molecule has 1 heterocycles. The second-order valence-corrected chi connectivity index (χ2v) is 6.50. The van der Waals surface area contributed by atoms with E-state index < -0.39 is 0 Å². The average Bonchev–Trinajstić information content (AvgIpc) is 2.89. The van der Waals surface area contributed by atoms with E-state index in [4.69, 9.17) is 21.1 Å². The fourth-order valence-electron chi connectivity index (χ4n) is 2.74. The van der Waals surface area contributed by atoms with E-state index >= 15 is 0 Å². The van der Waals surface area contributed by atoms with Gasteiger partial charge in [-0.3, -0.25) is 4.99 Å². The molecule has 1 aliphatic heterocycles. The number of benzene rings is 2. The van der Waals surface area contributed by atoms with Crippen LogP contribution in [-0.4, -0.2) is 32.8 Å². The van der Waals surface area contributed by atoms with Gasteiger partial charge in [-0.25, -0.2) is 0 Å². The zero-order chi connectivity index (χ0) is 18.2. The van der Waals surface area contributed by atoms with E-state index in [1.807, 2.05) is 36.4 Å². The summed E-state index contributed by atoms with van der Waals surface area (Å²) in [6.07, 6.45) is 1.79. The van der Waals surface area contributed by atoms with Gasteiger partial charge in [0.05, 0.1) is 13.2 Å². The predicted octanol–water partition coefficient (Wildman–Crippen LogP) is 3.41. The van der Waals surface area contributed by atoms with E-state index in [-0.39, 0.29) is 0 Å². The summed E-state index contributed by atoms with van der Waals surface area (Å²) >= 11 is 6.02. The van der Waals surface area contributed by atoms with Crippen molar-refractivity contribution in [3.63, 3.8) is 0 Å². The van der Waals surface area contributed by atoms with Crippen molar-refractivity contribution in [2.24, 2.45) is 4.99 Å². The van der Waals surface area contributed by atoms with Crippen molar-refractivity contribution in [1.29, 1.82) is 0 Å². The summed E-state index contributed by atoms with van der Waals surface area (Å²) in [5.41, 5.74) is 2.32. The number of rotatable bonds is 5. The van der Waals surface area contributed by atoms with Gasteiger partial charge in [0.15, 0.2) is 17.5 Å². The Labute approximate surface area is 159 Å². The molecule has 0 spiro atoms. The van der Waals surface area contributed by atoms with Crippen LogP contribution in [0.25, 0.3) is 0 Å². The number of hydrogen-bond acceptors (Lipinski definition) is 3. The Kier molecular flexibility index (Phi) is 6.61. The maximum atomic E-state index is 6.02. The fourth-order valence-corrected chi connectivity index (χ4v) is 2.95. The molecule has 2 N–H and O–H groups in total. The molecule has 0 unspecified atom stereocenters. The van der Waals surface area contributed by atoms with Crippen molar-refractivity contribution in [2.75, 3.05) is 26.8 Å². The summed E-state index contributed by atoms with van der Waals surface area (Å²) in [6.45, 7) is 2.83. The minimum absolute atomic E-state index is 0.660. The van der Waals surface area contributed by atoms with Crippen LogP contribution in [0.5, 0.6) is 11.5 Å². The highest BCUT2D eigenvalue weighted by atomic mass is 35.5. The largest absolute Gasteiger partial charge is 0.490 e. The molecule has 1 aliphatic rings. The van der Waals surface area contributed by atoms with Gasteiger partial charge in [0, 0.05) is 31.6 Å². The Morgan fingerprint density at radius 1 is 1.04 bits per heavy atom. The molecule has 2 aromatic rings. The van der Waals surface area contributed by atoms with Crippen molar-refractivity contribution in [3.05, 3.63) is 58.6 Å². The van der Waals surface area contributed by atoms with Crippen molar-refractivity contribution in [2.45, 2.75) is 19.4 Å².